The minimum atomic E-state index is -1.05. The highest BCUT2D eigenvalue weighted by Gasteiger charge is 2.26. The summed E-state index contributed by atoms with van der Waals surface area (Å²) in [6, 6.07) is 8.35. The molecule has 2 aromatic rings. The molecule has 5 nitrogen and oxygen atoms in total. The summed E-state index contributed by atoms with van der Waals surface area (Å²) >= 11 is 0. The van der Waals surface area contributed by atoms with Gasteiger partial charge < -0.3 is 14.5 Å². The van der Waals surface area contributed by atoms with E-state index in [1.807, 2.05) is 6.92 Å². The fraction of sp³-hybridized carbons (Fsp3) is 0.300. The van der Waals surface area contributed by atoms with Crippen molar-refractivity contribution in [3.05, 3.63) is 64.7 Å². The van der Waals surface area contributed by atoms with E-state index in [9.17, 15) is 18.4 Å². The van der Waals surface area contributed by atoms with E-state index in [0.29, 0.717) is 37.5 Å². The largest absolute Gasteiger partial charge is 0.496 e. The fourth-order valence-corrected chi connectivity index (χ4v) is 3.12. The maximum absolute atomic E-state index is 13.3. The Morgan fingerprint density at radius 1 is 0.852 bits per heavy atom. The van der Waals surface area contributed by atoms with E-state index in [4.69, 9.17) is 4.74 Å². The second-order valence-corrected chi connectivity index (χ2v) is 6.40. The van der Waals surface area contributed by atoms with Crippen LogP contribution >= 0.6 is 0 Å². The van der Waals surface area contributed by atoms with Gasteiger partial charge in [-0.1, -0.05) is 0 Å². The first-order valence-corrected chi connectivity index (χ1v) is 8.59. The standard InChI is InChI=1S/C20H20F2N2O3/c1-13-11-14(4-6-18(13)27-2)19(25)23-7-9-24(10-8-23)20(26)15-3-5-16(21)17(22)12-15/h3-6,11-12H,7-10H2,1-2H3. The van der Waals surface area contributed by atoms with Crippen LogP contribution in [0, 0.1) is 18.6 Å². The van der Waals surface area contributed by atoms with Crippen molar-refractivity contribution in [1.29, 1.82) is 0 Å². The smallest absolute Gasteiger partial charge is 0.254 e. The second kappa shape index (κ2) is 7.73. The summed E-state index contributed by atoms with van der Waals surface area (Å²) in [6.07, 6.45) is 0. The van der Waals surface area contributed by atoms with Gasteiger partial charge in [-0.3, -0.25) is 9.59 Å². The Morgan fingerprint density at radius 3 is 1.85 bits per heavy atom. The Hall–Kier alpha value is -2.96. The monoisotopic (exact) mass is 374 g/mol. The highest BCUT2D eigenvalue weighted by atomic mass is 19.2. The number of hydrogen-bond acceptors (Lipinski definition) is 3. The zero-order chi connectivity index (χ0) is 19.6. The Kier molecular flexibility index (Phi) is 5.39. The number of halogens is 2. The van der Waals surface area contributed by atoms with E-state index < -0.39 is 11.6 Å². The Balaban J connectivity index is 1.64. The van der Waals surface area contributed by atoms with Crippen LogP contribution in [0.5, 0.6) is 5.75 Å². The molecule has 0 atom stereocenters. The highest BCUT2D eigenvalue weighted by molar-refractivity contribution is 5.96. The molecule has 0 aliphatic carbocycles. The molecule has 2 aromatic carbocycles. The third-order valence-electron chi connectivity index (χ3n) is 4.66. The molecule has 0 bridgehead atoms. The lowest BCUT2D eigenvalue weighted by Gasteiger charge is -2.35. The number of amides is 2. The zero-order valence-electron chi connectivity index (χ0n) is 15.2. The third-order valence-corrected chi connectivity index (χ3v) is 4.66. The fourth-order valence-electron chi connectivity index (χ4n) is 3.12. The van der Waals surface area contributed by atoms with Gasteiger partial charge >= 0.3 is 0 Å². The van der Waals surface area contributed by atoms with Crippen LogP contribution in [0.25, 0.3) is 0 Å². The first kappa shape index (κ1) is 18.8. The number of rotatable bonds is 3. The molecule has 1 fully saturated rings. The lowest BCUT2D eigenvalue weighted by Crippen LogP contribution is -2.50. The highest BCUT2D eigenvalue weighted by Crippen LogP contribution is 2.20. The lowest BCUT2D eigenvalue weighted by atomic mass is 10.1. The predicted molar refractivity (Wildman–Crippen MR) is 95.9 cm³/mol. The summed E-state index contributed by atoms with van der Waals surface area (Å²) in [5.74, 6) is -1.81. The molecule has 1 aliphatic heterocycles. The van der Waals surface area contributed by atoms with Gasteiger partial charge in [-0.15, -0.1) is 0 Å². The number of piperazine rings is 1. The maximum Gasteiger partial charge on any atom is 0.254 e. The molecule has 0 saturated carbocycles. The van der Waals surface area contributed by atoms with E-state index >= 15 is 0 Å². The van der Waals surface area contributed by atoms with Crippen LogP contribution in [-0.4, -0.2) is 54.9 Å². The zero-order valence-corrected chi connectivity index (χ0v) is 15.2. The van der Waals surface area contributed by atoms with Crippen molar-refractivity contribution in [3.8, 4) is 5.75 Å². The first-order valence-electron chi connectivity index (χ1n) is 8.59. The molecular weight excluding hydrogens is 354 g/mol. The van der Waals surface area contributed by atoms with Crippen LogP contribution in [0.2, 0.25) is 0 Å². The molecular formula is C20H20F2N2O3. The molecule has 1 aliphatic rings. The number of benzene rings is 2. The molecule has 0 unspecified atom stereocenters. The van der Waals surface area contributed by atoms with Gasteiger partial charge in [0.2, 0.25) is 0 Å². The van der Waals surface area contributed by atoms with Crippen LogP contribution in [0.15, 0.2) is 36.4 Å². The molecule has 3 rings (SSSR count). The Morgan fingerprint density at radius 2 is 1.37 bits per heavy atom. The van der Waals surface area contributed by atoms with Crippen LogP contribution in [-0.2, 0) is 0 Å². The number of hydrogen-bond donors (Lipinski definition) is 0. The SMILES string of the molecule is COc1ccc(C(=O)N2CCN(C(=O)c3ccc(F)c(F)c3)CC2)cc1C. The molecule has 1 saturated heterocycles. The Labute approximate surface area is 156 Å². The van der Waals surface area contributed by atoms with E-state index in [1.165, 1.54) is 11.0 Å². The number of ether oxygens (including phenoxy) is 1. The van der Waals surface area contributed by atoms with Gasteiger partial charge in [0, 0.05) is 37.3 Å². The quantitative estimate of drug-likeness (QED) is 0.830. The van der Waals surface area contributed by atoms with Crippen molar-refractivity contribution >= 4 is 11.8 Å². The number of carbonyl (C=O) groups excluding carboxylic acids is 2. The minimum absolute atomic E-state index is 0.0967. The molecule has 0 N–H and O–H groups in total. The number of methoxy groups -OCH3 is 1. The summed E-state index contributed by atoms with van der Waals surface area (Å²) < 4.78 is 31.6. The maximum atomic E-state index is 13.3. The summed E-state index contributed by atoms with van der Waals surface area (Å²) in [5, 5.41) is 0. The summed E-state index contributed by atoms with van der Waals surface area (Å²) in [7, 11) is 1.58. The lowest BCUT2D eigenvalue weighted by molar-refractivity contribution is 0.0535. The van der Waals surface area contributed by atoms with Crippen molar-refractivity contribution in [2.24, 2.45) is 0 Å². The molecule has 2 amide bonds. The van der Waals surface area contributed by atoms with Gasteiger partial charge in [-0.05, 0) is 48.9 Å². The molecule has 7 heteroatoms. The molecule has 0 aromatic heterocycles. The molecule has 0 spiro atoms. The van der Waals surface area contributed by atoms with Crippen LogP contribution in [0.4, 0.5) is 8.78 Å². The van der Waals surface area contributed by atoms with Gasteiger partial charge in [-0.25, -0.2) is 8.78 Å². The van der Waals surface area contributed by atoms with Crippen molar-refractivity contribution in [1.82, 2.24) is 9.80 Å². The molecule has 142 valence electrons. The second-order valence-electron chi connectivity index (χ2n) is 6.40. The summed E-state index contributed by atoms with van der Waals surface area (Å²) in [5.41, 5.74) is 1.53. The minimum Gasteiger partial charge on any atom is -0.496 e. The van der Waals surface area contributed by atoms with Crippen LogP contribution in [0.1, 0.15) is 26.3 Å². The van der Waals surface area contributed by atoms with Crippen molar-refractivity contribution in [2.75, 3.05) is 33.3 Å². The molecule has 0 radical (unpaired) electrons. The third kappa shape index (κ3) is 3.92. The van der Waals surface area contributed by atoms with Crippen LogP contribution < -0.4 is 4.74 Å². The average Bonchev–Trinajstić information content (AvgIpc) is 2.69. The van der Waals surface area contributed by atoms with E-state index in [0.717, 1.165) is 17.7 Å². The van der Waals surface area contributed by atoms with Crippen molar-refractivity contribution in [3.63, 3.8) is 0 Å². The number of aryl methyl sites for hydroxylation is 1. The van der Waals surface area contributed by atoms with Gasteiger partial charge in [0.25, 0.3) is 11.8 Å². The van der Waals surface area contributed by atoms with Gasteiger partial charge in [0.05, 0.1) is 7.11 Å². The van der Waals surface area contributed by atoms with Crippen molar-refractivity contribution < 1.29 is 23.1 Å². The Bertz CT molecular complexity index is 878. The van der Waals surface area contributed by atoms with E-state index in [1.54, 1.807) is 30.2 Å². The predicted octanol–water partition coefficient (Wildman–Crippen LogP) is 2.88. The molecule has 27 heavy (non-hydrogen) atoms. The topological polar surface area (TPSA) is 49.9 Å². The summed E-state index contributed by atoms with van der Waals surface area (Å²) in [6.45, 7) is 3.28. The molecule has 1 heterocycles. The van der Waals surface area contributed by atoms with Gasteiger partial charge in [-0.2, -0.15) is 0 Å². The number of carbonyl (C=O) groups is 2. The first-order chi connectivity index (χ1) is 12.9. The van der Waals surface area contributed by atoms with Gasteiger partial charge in [0.1, 0.15) is 5.75 Å². The van der Waals surface area contributed by atoms with Crippen LogP contribution in [0.3, 0.4) is 0 Å². The van der Waals surface area contributed by atoms with Crippen molar-refractivity contribution in [2.45, 2.75) is 6.92 Å². The van der Waals surface area contributed by atoms with Gasteiger partial charge in [0.15, 0.2) is 11.6 Å². The summed E-state index contributed by atoms with van der Waals surface area (Å²) in [4.78, 5) is 28.3. The van der Waals surface area contributed by atoms with E-state index in [-0.39, 0.29) is 17.4 Å². The number of nitrogens with zero attached hydrogens (tertiary/aromatic N) is 2. The normalized spacial score (nSPS) is 14.2. The average molecular weight is 374 g/mol. The van der Waals surface area contributed by atoms with E-state index in [2.05, 4.69) is 0 Å².